The third-order valence-corrected chi connectivity index (χ3v) is 6.48. The first-order valence-corrected chi connectivity index (χ1v) is 11.7. The molecule has 2 aliphatic heterocycles. The highest BCUT2D eigenvalue weighted by atomic mass is 16.3. The first kappa shape index (κ1) is 23.2. The number of aliphatic hydroxyl groups excluding tert-OH is 1. The fourth-order valence-electron chi connectivity index (χ4n) is 4.59. The number of anilines is 1. The summed E-state index contributed by atoms with van der Waals surface area (Å²) in [6, 6.07) is 12.2. The highest BCUT2D eigenvalue weighted by Gasteiger charge is 2.21. The van der Waals surface area contributed by atoms with Gasteiger partial charge in [-0.25, -0.2) is 0 Å². The summed E-state index contributed by atoms with van der Waals surface area (Å²) < 4.78 is 0. The third-order valence-electron chi connectivity index (χ3n) is 6.48. The zero-order chi connectivity index (χ0) is 23.2. The lowest BCUT2D eigenvalue weighted by molar-refractivity contribution is -0.129. The SMILES string of the molecule is CC(=O)N1CCC(Nc2ccnc(C(=O)NCC(O)CN3CCc4ccccc4C3)c2)CC1. The van der Waals surface area contributed by atoms with E-state index in [4.69, 9.17) is 0 Å². The van der Waals surface area contributed by atoms with Crippen molar-refractivity contribution in [1.29, 1.82) is 0 Å². The number of carbonyl (C=O) groups excluding carboxylic acids is 2. The van der Waals surface area contributed by atoms with Gasteiger partial charge in [0.25, 0.3) is 5.91 Å². The summed E-state index contributed by atoms with van der Waals surface area (Å²) in [4.78, 5) is 32.4. The number of benzene rings is 1. The fraction of sp³-hybridized carbons (Fsp3) is 0.480. The van der Waals surface area contributed by atoms with E-state index in [0.29, 0.717) is 12.2 Å². The lowest BCUT2D eigenvalue weighted by Crippen LogP contribution is -2.42. The van der Waals surface area contributed by atoms with Crippen LogP contribution in [0.15, 0.2) is 42.6 Å². The molecule has 3 heterocycles. The topological polar surface area (TPSA) is 97.8 Å². The Morgan fingerprint density at radius 3 is 2.67 bits per heavy atom. The van der Waals surface area contributed by atoms with Gasteiger partial charge in [-0.3, -0.25) is 19.5 Å². The Morgan fingerprint density at radius 2 is 1.91 bits per heavy atom. The average Bonchev–Trinajstić information content (AvgIpc) is 2.83. The summed E-state index contributed by atoms with van der Waals surface area (Å²) in [7, 11) is 0. The Kier molecular flexibility index (Phi) is 7.57. The maximum absolute atomic E-state index is 12.6. The van der Waals surface area contributed by atoms with Crippen molar-refractivity contribution in [2.45, 2.75) is 44.9 Å². The number of hydrogen-bond acceptors (Lipinski definition) is 6. The van der Waals surface area contributed by atoms with Gasteiger partial charge in [-0.2, -0.15) is 0 Å². The number of hydrogen-bond donors (Lipinski definition) is 3. The van der Waals surface area contributed by atoms with E-state index in [1.165, 1.54) is 11.1 Å². The van der Waals surface area contributed by atoms with Gasteiger partial charge < -0.3 is 20.6 Å². The lowest BCUT2D eigenvalue weighted by atomic mass is 10.00. The molecule has 0 aliphatic carbocycles. The van der Waals surface area contributed by atoms with Crippen LogP contribution in [0.4, 0.5) is 5.69 Å². The normalized spacial score (nSPS) is 17.8. The Hall–Kier alpha value is -2.97. The van der Waals surface area contributed by atoms with Crippen LogP contribution in [-0.4, -0.2) is 76.6 Å². The average molecular weight is 452 g/mol. The van der Waals surface area contributed by atoms with Gasteiger partial charge in [0.2, 0.25) is 5.91 Å². The van der Waals surface area contributed by atoms with Gasteiger partial charge in [-0.05, 0) is 42.5 Å². The van der Waals surface area contributed by atoms with E-state index in [1.807, 2.05) is 17.0 Å². The number of aromatic nitrogens is 1. The van der Waals surface area contributed by atoms with E-state index >= 15 is 0 Å². The Labute approximate surface area is 195 Å². The van der Waals surface area contributed by atoms with Crippen molar-refractivity contribution in [2.24, 2.45) is 0 Å². The van der Waals surface area contributed by atoms with E-state index in [0.717, 1.165) is 51.1 Å². The van der Waals surface area contributed by atoms with Crippen molar-refractivity contribution < 1.29 is 14.7 Å². The fourth-order valence-corrected chi connectivity index (χ4v) is 4.59. The maximum atomic E-state index is 12.6. The Balaban J connectivity index is 1.23. The van der Waals surface area contributed by atoms with Crippen molar-refractivity contribution in [2.75, 3.05) is 38.0 Å². The van der Waals surface area contributed by atoms with Gasteiger partial charge in [-0.1, -0.05) is 24.3 Å². The molecular weight excluding hydrogens is 418 g/mol. The monoisotopic (exact) mass is 451 g/mol. The van der Waals surface area contributed by atoms with Gasteiger partial charge in [0.05, 0.1) is 6.10 Å². The van der Waals surface area contributed by atoms with Crippen molar-refractivity contribution in [1.82, 2.24) is 20.1 Å². The Morgan fingerprint density at radius 1 is 1.15 bits per heavy atom. The van der Waals surface area contributed by atoms with Gasteiger partial charge in [-0.15, -0.1) is 0 Å². The molecule has 2 aliphatic rings. The molecule has 4 rings (SSSR count). The molecule has 176 valence electrons. The van der Waals surface area contributed by atoms with Gasteiger partial charge >= 0.3 is 0 Å². The summed E-state index contributed by atoms with van der Waals surface area (Å²) in [6.45, 7) is 5.51. The summed E-state index contributed by atoms with van der Waals surface area (Å²) in [5, 5.41) is 16.7. The van der Waals surface area contributed by atoms with Crippen molar-refractivity contribution >= 4 is 17.5 Å². The summed E-state index contributed by atoms with van der Waals surface area (Å²) in [6.07, 6.45) is 3.69. The number of fused-ring (bicyclic) bond motifs is 1. The number of β-amino-alcohol motifs (C(OH)–C–C–N with tert-alkyl or cyclic N) is 1. The molecule has 1 aromatic carbocycles. The minimum absolute atomic E-state index is 0.114. The number of nitrogens with one attached hydrogen (secondary N) is 2. The van der Waals surface area contributed by atoms with E-state index in [9.17, 15) is 14.7 Å². The van der Waals surface area contributed by atoms with Crippen LogP contribution in [0.3, 0.4) is 0 Å². The van der Waals surface area contributed by atoms with E-state index in [2.05, 4.69) is 38.7 Å². The number of piperidine rings is 1. The number of aliphatic hydroxyl groups is 1. The standard InChI is InChI=1S/C25H33N5O3/c1-18(31)30-12-8-21(9-13-30)28-22-6-10-26-24(14-22)25(33)27-15-23(32)17-29-11-7-19-4-2-3-5-20(19)16-29/h2-6,10,14,21,23,32H,7-9,11-13,15-17H2,1H3,(H,26,28)(H,27,33). The molecule has 2 amide bonds. The number of likely N-dealkylation sites (tertiary alicyclic amines) is 1. The lowest BCUT2D eigenvalue weighted by Gasteiger charge is -2.32. The van der Waals surface area contributed by atoms with Crippen LogP contribution in [0.1, 0.15) is 41.4 Å². The molecule has 0 spiro atoms. The van der Waals surface area contributed by atoms with Crippen LogP contribution in [-0.2, 0) is 17.8 Å². The Bertz CT molecular complexity index is 974. The summed E-state index contributed by atoms with van der Waals surface area (Å²) in [5.74, 6) is -0.184. The molecule has 0 bridgehead atoms. The zero-order valence-electron chi connectivity index (χ0n) is 19.2. The quantitative estimate of drug-likeness (QED) is 0.592. The first-order chi connectivity index (χ1) is 16.0. The van der Waals surface area contributed by atoms with Crippen LogP contribution < -0.4 is 10.6 Å². The minimum Gasteiger partial charge on any atom is -0.390 e. The molecule has 8 nitrogen and oxygen atoms in total. The molecule has 33 heavy (non-hydrogen) atoms. The van der Waals surface area contributed by atoms with Crippen LogP contribution in [0, 0.1) is 0 Å². The highest BCUT2D eigenvalue weighted by molar-refractivity contribution is 5.93. The number of nitrogens with zero attached hydrogens (tertiary/aromatic N) is 3. The maximum Gasteiger partial charge on any atom is 0.270 e. The van der Waals surface area contributed by atoms with Crippen LogP contribution in [0.2, 0.25) is 0 Å². The minimum atomic E-state index is -0.646. The first-order valence-electron chi connectivity index (χ1n) is 11.7. The molecule has 1 saturated heterocycles. The molecule has 0 saturated carbocycles. The second-order valence-corrected chi connectivity index (χ2v) is 8.97. The van der Waals surface area contributed by atoms with Crippen molar-refractivity contribution in [3.05, 3.63) is 59.4 Å². The van der Waals surface area contributed by atoms with E-state index in [1.54, 1.807) is 19.2 Å². The molecule has 1 unspecified atom stereocenters. The largest absolute Gasteiger partial charge is 0.390 e. The molecular formula is C25H33N5O3. The second-order valence-electron chi connectivity index (χ2n) is 8.97. The predicted octanol–water partition coefficient (Wildman–Crippen LogP) is 1.65. The van der Waals surface area contributed by atoms with Crippen LogP contribution >= 0.6 is 0 Å². The van der Waals surface area contributed by atoms with Gasteiger partial charge in [0, 0.05) is 64.1 Å². The van der Waals surface area contributed by atoms with E-state index < -0.39 is 6.10 Å². The number of pyridine rings is 1. The third kappa shape index (κ3) is 6.30. The molecule has 1 fully saturated rings. The van der Waals surface area contributed by atoms with Crippen LogP contribution in [0.25, 0.3) is 0 Å². The predicted molar refractivity (Wildman–Crippen MR) is 127 cm³/mol. The van der Waals surface area contributed by atoms with E-state index in [-0.39, 0.29) is 24.4 Å². The molecule has 0 radical (unpaired) electrons. The summed E-state index contributed by atoms with van der Waals surface area (Å²) >= 11 is 0. The highest BCUT2D eigenvalue weighted by Crippen LogP contribution is 2.19. The van der Waals surface area contributed by atoms with Gasteiger partial charge in [0.15, 0.2) is 0 Å². The molecule has 1 atom stereocenters. The van der Waals surface area contributed by atoms with Crippen molar-refractivity contribution in [3.8, 4) is 0 Å². The van der Waals surface area contributed by atoms with Crippen molar-refractivity contribution in [3.63, 3.8) is 0 Å². The zero-order valence-corrected chi connectivity index (χ0v) is 19.2. The molecule has 2 aromatic rings. The van der Waals surface area contributed by atoms with Gasteiger partial charge in [0.1, 0.15) is 5.69 Å². The second kappa shape index (κ2) is 10.8. The number of rotatable bonds is 7. The molecule has 3 N–H and O–H groups in total. The molecule has 8 heteroatoms. The molecule has 1 aromatic heterocycles. The smallest absolute Gasteiger partial charge is 0.270 e. The summed E-state index contributed by atoms with van der Waals surface area (Å²) in [5.41, 5.74) is 3.84. The number of carbonyl (C=O) groups is 2. The number of amides is 2. The van der Waals surface area contributed by atoms with Crippen LogP contribution in [0.5, 0.6) is 0 Å².